The highest BCUT2D eigenvalue weighted by molar-refractivity contribution is 5.98. The number of carboxylic acid groups (broad SMARTS) is 1. The van der Waals surface area contributed by atoms with E-state index in [-0.39, 0.29) is 5.91 Å². The minimum absolute atomic E-state index is 0.0184. The summed E-state index contributed by atoms with van der Waals surface area (Å²) in [5.74, 6) is -1.22. The Hall–Kier alpha value is -1.84. The van der Waals surface area contributed by atoms with Crippen LogP contribution in [0.5, 0.6) is 0 Å². The van der Waals surface area contributed by atoms with Crippen LogP contribution in [-0.2, 0) is 17.8 Å². The predicted molar refractivity (Wildman–Crippen MR) is 62.7 cm³/mol. The molecule has 1 amide bonds. The summed E-state index contributed by atoms with van der Waals surface area (Å²) >= 11 is 0. The van der Waals surface area contributed by atoms with Gasteiger partial charge in [0.25, 0.3) is 5.91 Å². The average Bonchev–Trinajstić information content (AvgIpc) is 2.57. The van der Waals surface area contributed by atoms with Crippen LogP contribution in [-0.4, -0.2) is 28.9 Å². The molecule has 1 unspecified atom stereocenters. The molecule has 1 N–H and O–H groups in total. The molecule has 0 spiro atoms. The van der Waals surface area contributed by atoms with Crippen molar-refractivity contribution < 1.29 is 14.7 Å². The maximum absolute atomic E-state index is 11.8. The quantitative estimate of drug-likeness (QED) is 0.861. The van der Waals surface area contributed by atoms with E-state index < -0.39 is 11.9 Å². The zero-order valence-electron chi connectivity index (χ0n) is 9.93. The highest BCUT2D eigenvalue weighted by Crippen LogP contribution is 2.26. The van der Waals surface area contributed by atoms with E-state index in [0.717, 1.165) is 11.1 Å². The molecular formula is C13H15NO3. The summed E-state index contributed by atoms with van der Waals surface area (Å²) in [7, 11) is 1.76. The number of carbonyl (C=O) groups is 2. The van der Waals surface area contributed by atoms with Gasteiger partial charge < -0.3 is 10.0 Å². The lowest BCUT2D eigenvalue weighted by atomic mass is 9.95. The zero-order valence-corrected chi connectivity index (χ0v) is 9.93. The SMILES string of the molecule is CC(Cc1cccc2c1CN(C)C2=O)C(=O)O. The van der Waals surface area contributed by atoms with Crippen molar-refractivity contribution in [2.75, 3.05) is 7.05 Å². The molecule has 1 aliphatic rings. The van der Waals surface area contributed by atoms with Crippen LogP contribution >= 0.6 is 0 Å². The van der Waals surface area contributed by atoms with Gasteiger partial charge in [-0.05, 0) is 23.6 Å². The molecule has 1 atom stereocenters. The van der Waals surface area contributed by atoms with Crippen LogP contribution in [0.2, 0.25) is 0 Å². The Labute approximate surface area is 99.9 Å². The topological polar surface area (TPSA) is 57.6 Å². The lowest BCUT2D eigenvalue weighted by molar-refractivity contribution is -0.141. The maximum atomic E-state index is 11.8. The summed E-state index contributed by atoms with van der Waals surface area (Å²) in [5.41, 5.74) is 2.66. The first-order valence-corrected chi connectivity index (χ1v) is 5.59. The molecule has 17 heavy (non-hydrogen) atoms. The van der Waals surface area contributed by atoms with Crippen molar-refractivity contribution in [2.45, 2.75) is 19.9 Å². The molecule has 0 saturated heterocycles. The third kappa shape index (κ3) is 2.02. The molecule has 0 fully saturated rings. The molecule has 4 nitrogen and oxygen atoms in total. The normalized spacial score (nSPS) is 15.9. The van der Waals surface area contributed by atoms with Crippen molar-refractivity contribution in [1.29, 1.82) is 0 Å². The van der Waals surface area contributed by atoms with Crippen molar-refractivity contribution in [1.82, 2.24) is 4.90 Å². The lowest BCUT2D eigenvalue weighted by Gasteiger charge is -2.10. The van der Waals surface area contributed by atoms with Gasteiger partial charge in [0.2, 0.25) is 0 Å². The molecule has 1 heterocycles. The third-order valence-electron chi connectivity index (χ3n) is 3.19. The summed E-state index contributed by atoms with van der Waals surface area (Å²) in [6.07, 6.45) is 0.472. The van der Waals surface area contributed by atoms with Gasteiger partial charge in [-0.2, -0.15) is 0 Å². The van der Waals surface area contributed by atoms with Crippen LogP contribution in [0.4, 0.5) is 0 Å². The van der Waals surface area contributed by atoms with Gasteiger partial charge in [0, 0.05) is 19.2 Å². The van der Waals surface area contributed by atoms with Crippen molar-refractivity contribution in [3.05, 3.63) is 34.9 Å². The van der Waals surface area contributed by atoms with E-state index in [0.29, 0.717) is 18.5 Å². The van der Waals surface area contributed by atoms with Crippen LogP contribution in [0.1, 0.15) is 28.4 Å². The van der Waals surface area contributed by atoms with Gasteiger partial charge in [0.1, 0.15) is 0 Å². The first kappa shape index (κ1) is 11.6. The van der Waals surface area contributed by atoms with Crippen molar-refractivity contribution in [2.24, 2.45) is 5.92 Å². The second-order valence-corrected chi connectivity index (χ2v) is 4.55. The highest BCUT2D eigenvalue weighted by Gasteiger charge is 2.27. The summed E-state index contributed by atoms with van der Waals surface area (Å²) in [6, 6.07) is 5.53. The molecule has 4 heteroatoms. The number of hydrogen-bond donors (Lipinski definition) is 1. The monoisotopic (exact) mass is 233 g/mol. The summed E-state index contributed by atoms with van der Waals surface area (Å²) in [5, 5.41) is 8.92. The molecule has 0 aliphatic carbocycles. The lowest BCUT2D eigenvalue weighted by Crippen LogP contribution is -2.17. The standard InChI is InChI=1S/C13H15NO3/c1-8(13(16)17)6-9-4-3-5-10-11(9)7-14(2)12(10)15/h3-5,8H,6-7H2,1-2H3,(H,16,17). The van der Waals surface area contributed by atoms with Crippen LogP contribution in [0.3, 0.4) is 0 Å². The van der Waals surface area contributed by atoms with Crippen LogP contribution in [0.15, 0.2) is 18.2 Å². The Balaban J connectivity index is 2.33. The molecule has 1 aromatic rings. The predicted octanol–water partition coefficient (Wildman–Crippen LogP) is 1.54. The van der Waals surface area contributed by atoms with E-state index >= 15 is 0 Å². The first-order chi connectivity index (χ1) is 8.00. The Morgan fingerprint density at radius 1 is 1.53 bits per heavy atom. The van der Waals surface area contributed by atoms with Gasteiger partial charge in [-0.3, -0.25) is 9.59 Å². The second-order valence-electron chi connectivity index (χ2n) is 4.55. The summed E-state index contributed by atoms with van der Waals surface area (Å²) in [6.45, 7) is 2.26. The molecule has 1 aliphatic heterocycles. The number of benzene rings is 1. The Bertz CT molecular complexity index is 482. The zero-order chi connectivity index (χ0) is 12.6. The molecule has 0 bridgehead atoms. The summed E-state index contributed by atoms with van der Waals surface area (Å²) < 4.78 is 0. The fourth-order valence-corrected chi connectivity index (χ4v) is 2.14. The number of fused-ring (bicyclic) bond motifs is 1. The molecule has 2 rings (SSSR count). The number of hydrogen-bond acceptors (Lipinski definition) is 2. The van der Waals surface area contributed by atoms with Gasteiger partial charge >= 0.3 is 5.97 Å². The molecule has 0 saturated carbocycles. The fraction of sp³-hybridized carbons (Fsp3) is 0.385. The van der Waals surface area contributed by atoms with Gasteiger partial charge in [-0.25, -0.2) is 0 Å². The third-order valence-corrected chi connectivity index (χ3v) is 3.19. The van der Waals surface area contributed by atoms with E-state index in [1.165, 1.54) is 0 Å². The largest absolute Gasteiger partial charge is 0.481 e. The van der Waals surface area contributed by atoms with Crippen molar-refractivity contribution in [3.63, 3.8) is 0 Å². The second kappa shape index (κ2) is 4.20. The van der Waals surface area contributed by atoms with Crippen molar-refractivity contribution in [3.8, 4) is 0 Å². The molecule has 0 radical (unpaired) electrons. The van der Waals surface area contributed by atoms with E-state index in [1.54, 1.807) is 24.9 Å². The fourth-order valence-electron chi connectivity index (χ4n) is 2.14. The number of rotatable bonds is 3. The maximum Gasteiger partial charge on any atom is 0.306 e. The Morgan fingerprint density at radius 3 is 2.88 bits per heavy atom. The average molecular weight is 233 g/mol. The van der Waals surface area contributed by atoms with Gasteiger partial charge in [-0.1, -0.05) is 19.1 Å². The highest BCUT2D eigenvalue weighted by atomic mass is 16.4. The van der Waals surface area contributed by atoms with Crippen LogP contribution in [0, 0.1) is 5.92 Å². The van der Waals surface area contributed by atoms with Crippen LogP contribution < -0.4 is 0 Å². The Morgan fingerprint density at radius 2 is 2.24 bits per heavy atom. The Kier molecular flexibility index (Phi) is 2.88. The summed E-state index contributed by atoms with van der Waals surface area (Å²) in [4.78, 5) is 24.3. The number of amides is 1. The van der Waals surface area contributed by atoms with Gasteiger partial charge in [0.15, 0.2) is 0 Å². The number of nitrogens with zero attached hydrogens (tertiary/aromatic N) is 1. The molecular weight excluding hydrogens is 218 g/mol. The first-order valence-electron chi connectivity index (χ1n) is 5.59. The van der Waals surface area contributed by atoms with E-state index in [9.17, 15) is 9.59 Å². The minimum Gasteiger partial charge on any atom is -0.481 e. The minimum atomic E-state index is -0.805. The van der Waals surface area contributed by atoms with Crippen molar-refractivity contribution >= 4 is 11.9 Å². The van der Waals surface area contributed by atoms with Crippen LogP contribution in [0.25, 0.3) is 0 Å². The smallest absolute Gasteiger partial charge is 0.306 e. The van der Waals surface area contributed by atoms with Gasteiger partial charge in [-0.15, -0.1) is 0 Å². The van der Waals surface area contributed by atoms with E-state index in [1.807, 2.05) is 12.1 Å². The molecule has 0 aromatic heterocycles. The van der Waals surface area contributed by atoms with E-state index in [2.05, 4.69) is 0 Å². The molecule has 90 valence electrons. The number of carbonyl (C=O) groups excluding carboxylic acids is 1. The van der Waals surface area contributed by atoms with E-state index in [4.69, 9.17) is 5.11 Å². The molecule has 1 aromatic carbocycles. The number of carboxylic acids is 1. The number of aliphatic carboxylic acids is 1. The van der Waals surface area contributed by atoms with Gasteiger partial charge in [0.05, 0.1) is 5.92 Å².